The first kappa shape index (κ1) is 11.6. The minimum atomic E-state index is -3.57. The largest absolute Gasteiger partial charge is 1.00 e. The number of carbonyl (C=O) groups excluding carboxylic acids is 1. The molecule has 0 bridgehead atoms. The molecule has 1 heterocycles. The summed E-state index contributed by atoms with van der Waals surface area (Å²) in [5.41, 5.74) is 4.86. The summed E-state index contributed by atoms with van der Waals surface area (Å²) in [4.78, 5) is 10.4. The van der Waals surface area contributed by atoms with Crippen LogP contribution in [0.2, 0.25) is 0 Å². The predicted molar refractivity (Wildman–Crippen MR) is 35.1 cm³/mol. The van der Waals surface area contributed by atoms with Gasteiger partial charge in [0.25, 0.3) is 15.9 Å². The third-order valence-corrected chi connectivity index (χ3v) is 2.73. The van der Waals surface area contributed by atoms with Crippen molar-refractivity contribution in [1.29, 1.82) is 0 Å². The van der Waals surface area contributed by atoms with Gasteiger partial charge in [-0.3, -0.25) is 4.79 Å². The second kappa shape index (κ2) is 3.54. The van der Waals surface area contributed by atoms with Gasteiger partial charge in [0.15, 0.2) is 0 Å². The Hall–Kier alpha value is 0.596. The van der Waals surface area contributed by atoms with E-state index >= 15 is 0 Å². The number of allylic oxidation sites excluding steroid dienone is 1. The SMILES string of the molecule is CC1=C(N)C(=O)NS1(=O)=O.[H-].[K+]. The minimum absolute atomic E-state index is 0. The molecule has 0 spiro atoms. The first-order chi connectivity index (χ1) is 4.45. The van der Waals surface area contributed by atoms with Crippen molar-refractivity contribution in [3.05, 3.63) is 10.6 Å². The molecule has 0 unspecified atom stereocenters. The normalized spacial score (nSPS) is 21.0. The molecule has 0 radical (unpaired) electrons. The van der Waals surface area contributed by atoms with Crippen LogP contribution >= 0.6 is 0 Å². The van der Waals surface area contributed by atoms with Crippen LogP contribution in [0.25, 0.3) is 0 Å². The Morgan fingerprint density at radius 1 is 1.55 bits per heavy atom. The molecule has 5 nitrogen and oxygen atoms in total. The Balaban J connectivity index is 0. The van der Waals surface area contributed by atoms with Crippen LogP contribution in [0.3, 0.4) is 0 Å². The molecule has 0 aromatic heterocycles. The van der Waals surface area contributed by atoms with E-state index in [1.807, 2.05) is 0 Å². The van der Waals surface area contributed by atoms with Crippen molar-refractivity contribution < 1.29 is 66.0 Å². The van der Waals surface area contributed by atoms with Crippen LogP contribution in [0.4, 0.5) is 0 Å². The van der Waals surface area contributed by atoms with Crippen molar-refractivity contribution in [3.8, 4) is 0 Å². The molecule has 0 aliphatic carbocycles. The molecule has 1 aliphatic rings. The van der Waals surface area contributed by atoms with Crippen LogP contribution in [0.15, 0.2) is 10.6 Å². The van der Waals surface area contributed by atoms with Gasteiger partial charge in [-0.25, -0.2) is 13.1 Å². The van der Waals surface area contributed by atoms with Gasteiger partial charge in [0.05, 0.1) is 4.91 Å². The van der Waals surface area contributed by atoms with Crippen molar-refractivity contribution in [2.75, 3.05) is 0 Å². The van der Waals surface area contributed by atoms with E-state index < -0.39 is 15.9 Å². The van der Waals surface area contributed by atoms with Gasteiger partial charge in [-0.05, 0) is 6.92 Å². The van der Waals surface area contributed by atoms with E-state index in [9.17, 15) is 13.2 Å². The first-order valence-corrected chi connectivity index (χ1v) is 3.97. The quantitative estimate of drug-likeness (QED) is 0.389. The van der Waals surface area contributed by atoms with Crippen LogP contribution in [0.1, 0.15) is 8.35 Å². The number of rotatable bonds is 0. The average molecular weight is 202 g/mol. The molecule has 0 saturated carbocycles. The van der Waals surface area contributed by atoms with Gasteiger partial charge in [0.2, 0.25) is 0 Å². The van der Waals surface area contributed by atoms with Crippen molar-refractivity contribution in [2.24, 2.45) is 5.73 Å². The van der Waals surface area contributed by atoms with Crippen LogP contribution in [-0.2, 0) is 14.8 Å². The fourth-order valence-corrected chi connectivity index (χ4v) is 1.45. The van der Waals surface area contributed by atoms with Gasteiger partial charge < -0.3 is 7.16 Å². The molecule has 3 N–H and O–H groups in total. The number of sulfonamides is 1. The van der Waals surface area contributed by atoms with Crippen molar-refractivity contribution in [1.82, 2.24) is 4.72 Å². The van der Waals surface area contributed by atoms with Gasteiger partial charge in [0, 0.05) is 0 Å². The zero-order valence-electron chi connectivity index (χ0n) is 7.21. The Labute approximate surface area is 108 Å². The standard InChI is InChI=1S/C4H6N2O3S.K.H/c1-2-3(5)4(7)6-10(2,8)9;;/h5H2,1H3,(H,6,7);;/q;+1;-1. The van der Waals surface area contributed by atoms with Gasteiger partial charge in [-0.2, -0.15) is 0 Å². The number of nitrogens with one attached hydrogen (secondary N) is 1. The van der Waals surface area contributed by atoms with Gasteiger partial charge in [-0.15, -0.1) is 0 Å². The van der Waals surface area contributed by atoms with E-state index in [1.54, 1.807) is 4.72 Å². The molecule has 1 aliphatic heterocycles. The number of hydrogen-bond donors (Lipinski definition) is 2. The molecule has 1 rings (SSSR count). The zero-order chi connectivity index (χ0) is 7.94. The third kappa shape index (κ3) is 2.04. The van der Waals surface area contributed by atoms with Crippen LogP contribution in [0.5, 0.6) is 0 Å². The maximum Gasteiger partial charge on any atom is 1.00 e. The maximum absolute atomic E-state index is 10.7. The molecule has 7 heteroatoms. The van der Waals surface area contributed by atoms with Crippen LogP contribution in [0, 0.1) is 0 Å². The summed E-state index contributed by atoms with van der Waals surface area (Å²) in [6, 6.07) is 0. The molecule has 0 saturated heterocycles. The van der Waals surface area contributed by atoms with Crippen molar-refractivity contribution in [2.45, 2.75) is 6.92 Å². The molecule has 0 aromatic carbocycles. The predicted octanol–water partition coefficient (Wildman–Crippen LogP) is -4.25. The Morgan fingerprint density at radius 2 is 2.00 bits per heavy atom. The zero-order valence-corrected chi connectivity index (χ0v) is 10.1. The topological polar surface area (TPSA) is 89.3 Å². The summed E-state index contributed by atoms with van der Waals surface area (Å²) in [6.45, 7) is 1.28. The summed E-state index contributed by atoms with van der Waals surface area (Å²) in [7, 11) is -3.57. The van der Waals surface area contributed by atoms with E-state index in [4.69, 9.17) is 5.73 Å². The molecule has 0 aromatic rings. The number of carbonyl (C=O) groups is 1. The van der Waals surface area contributed by atoms with E-state index in [0.29, 0.717) is 0 Å². The smallest absolute Gasteiger partial charge is 1.00 e. The first-order valence-electron chi connectivity index (χ1n) is 2.48. The van der Waals surface area contributed by atoms with Crippen LogP contribution in [-0.4, -0.2) is 14.3 Å². The number of amides is 1. The van der Waals surface area contributed by atoms with E-state index in [2.05, 4.69) is 0 Å². The van der Waals surface area contributed by atoms with E-state index in [-0.39, 0.29) is 63.4 Å². The Kier molecular flexibility index (Phi) is 3.73. The fraction of sp³-hybridized carbons (Fsp3) is 0.250. The Bertz CT molecular complexity index is 323. The second-order valence-corrected chi connectivity index (χ2v) is 3.73. The molecule has 1 amide bonds. The summed E-state index contributed by atoms with van der Waals surface area (Å²) in [6.07, 6.45) is 0. The van der Waals surface area contributed by atoms with Crippen LogP contribution < -0.4 is 61.8 Å². The molecular formula is C4H7KN2O3S. The fourth-order valence-electron chi connectivity index (χ4n) is 0.558. The number of hydrogen-bond acceptors (Lipinski definition) is 4. The molecular weight excluding hydrogens is 195 g/mol. The molecule has 58 valence electrons. The van der Waals surface area contributed by atoms with E-state index in [1.165, 1.54) is 6.92 Å². The minimum Gasteiger partial charge on any atom is -1.00 e. The number of nitrogens with two attached hydrogens (primary N) is 1. The van der Waals surface area contributed by atoms with Crippen molar-refractivity contribution in [3.63, 3.8) is 0 Å². The van der Waals surface area contributed by atoms with Gasteiger partial charge in [0.1, 0.15) is 5.70 Å². The Morgan fingerprint density at radius 3 is 2.09 bits per heavy atom. The summed E-state index contributed by atoms with van der Waals surface area (Å²) < 4.78 is 23.2. The second-order valence-electron chi connectivity index (χ2n) is 1.90. The molecule has 0 atom stereocenters. The summed E-state index contributed by atoms with van der Waals surface area (Å²) in [5, 5.41) is 0. The maximum atomic E-state index is 10.7. The molecule has 0 fully saturated rings. The molecule has 11 heavy (non-hydrogen) atoms. The van der Waals surface area contributed by atoms with Crippen molar-refractivity contribution >= 4 is 15.9 Å². The monoisotopic (exact) mass is 202 g/mol. The third-order valence-electron chi connectivity index (χ3n) is 1.25. The summed E-state index contributed by atoms with van der Waals surface area (Å²) >= 11 is 0. The average Bonchev–Trinajstić information content (AvgIpc) is 1.95. The summed E-state index contributed by atoms with van der Waals surface area (Å²) in [5.74, 6) is -0.738. The van der Waals surface area contributed by atoms with E-state index in [0.717, 1.165) is 0 Å². The van der Waals surface area contributed by atoms with Gasteiger partial charge >= 0.3 is 51.4 Å². The van der Waals surface area contributed by atoms with Gasteiger partial charge in [-0.1, -0.05) is 0 Å².